The van der Waals surface area contributed by atoms with Crippen molar-refractivity contribution in [3.8, 4) is 0 Å². The van der Waals surface area contributed by atoms with Crippen LogP contribution in [0.25, 0.3) is 0 Å². The molecule has 0 N–H and O–H groups in total. The number of hydrogen-bond donors (Lipinski definition) is 0. The molecule has 0 aliphatic rings. The summed E-state index contributed by atoms with van der Waals surface area (Å²) in [6.07, 6.45) is 3.59. The Morgan fingerprint density at radius 3 is 1.30 bits per heavy atom. The molecule has 0 unspecified atom stereocenters. The summed E-state index contributed by atoms with van der Waals surface area (Å²) in [6, 6.07) is 0. The Morgan fingerprint density at radius 1 is 0.750 bits per heavy atom. The second-order valence-corrected chi connectivity index (χ2v) is 6.38. The van der Waals surface area contributed by atoms with Gasteiger partial charge >= 0.3 is 11.9 Å². The highest BCUT2D eigenvalue weighted by Gasteiger charge is 2.21. The summed E-state index contributed by atoms with van der Waals surface area (Å²) >= 11 is 0. The van der Waals surface area contributed by atoms with E-state index in [2.05, 4.69) is 0 Å². The largest absolute Gasteiger partial charge is 0.460 e. The van der Waals surface area contributed by atoms with Crippen LogP contribution < -0.4 is 0 Å². The van der Waals surface area contributed by atoms with E-state index in [4.69, 9.17) is 9.47 Å². The summed E-state index contributed by atoms with van der Waals surface area (Å²) in [6.45, 7) is 11.6. The molecule has 0 radical (unpaired) electrons. The van der Waals surface area contributed by atoms with E-state index in [1.54, 1.807) is 0 Å². The molecule has 0 bridgehead atoms. The molecule has 0 saturated heterocycles. The molecule has 0 heterocycles. The maximum Gasteiger partial charge on any atom is 0.306 e. The van der Waals surface area contributed by atoms with Gasteiger partial charge in [-0.3, -0.25) is 9.59 Å². The van der Waals surface area contributed by atoms with Crippen molar-refractivity contribution in [3.63, 3.8) is 0 Å². The first-order valence-corrected chi connectivity index (χ1v) is 7.55. The highest BCUT2D eigenvalue weighted by Crippen LogP contribution is 2.17. The van der Waals surface area contributed by atoms with Gasteiger partial charge in [0.1, 0.15) is 11.2 Å². The first-order valence-electron chi connectivity index (χ1n) is 7.55. The van der Waals surface area contributed by atoms with Gasteiger partial charge in [-0.2, -0.15) is 0 Å². The Labute approximate surface area is 123 Å². The molecule has 0 aliphatic heterocycles. The Morgan fingerprint density at radius 2 is 1.05 bits per heavy atom. The molecule has 4 heteroatoms. The Kier molecular flexibility index (Phi) is 7.84. The van der Waals surface area contributed by atoms with E-state index < -0.39 is 11.2 Å². The van der Waals surface area contributed by atoms with Crippen LogP contribution in [0.2, 0.25) is 0 Å². The quantitative estimate of drug-likeness (QED) is 0.474. The number of carbonyl (C=O) groups excluding carboxylic acids is 2. The van der Waals surface area contributed by atoms with Crippen LogP contribution in [0, 0.1) is 0 Å². The van der Waals surface area contributed by atoms with Crippen LogP contribution >= 0.6 is 0 Å². The minimum atomic E-state index is -0.402. The molecular weight excluding hydrogens is 256 g/mol. The average molecular weight is 286 g/mol. The monoisotopic (exact) mass is 286 g/mol. The highest BCUT2D eigenvalue weighted by atomic mass is 16.6. The topological polar surface area (TPSA) is 52.6 Å². The Balaban J connectivity index is 3.82. The second-order valence-electron chi connectivity index (χ2n) is 6.38. The van der Waals surface area contributed by atoms with Crippen molar-refractivity contribution in [1.82, 2.24) is 0 Å². The summed E-state index contributed by atoms with van der Waals surface area (Å²) in [7, 11) is 0. The lowest BCUT2D eigenvalue weighted by atomic mass is 10.1. The molecule has 4 nitrogen and oxygen atoms in total. The van der Waals surface area contributed by atoms with Gasteiger partial charge in [0, 0.05) is 12.8 Å². The fraction of sp³-hybridized carbons (Fsp3) is 0.875. The van der Waals surface area contributed by atoms with E-state index in [-0.39, 0.29) is 11.9 Å². The number of unbranched alkanes of at least 4 members (excludes halogenated alkanes) is 1. The molecule has 0 aromatic heterocycles. The molecule has 0 aromatic carbocycles. The van der Waals surface area contributed by atoms with Crippen LogP contribution in [-0.2, 0) is 19.1 Å². The standard InChI is InChI=1S/C16H30O4/c1-7-15(3,4)19-13(17)11-9-10-12-14(18)20-16(5,6)8-2/h7-12H2,1-6H3. The maximum absolute atomic E-state index is 11.6. The second kappa shape index (κ2) is 8.28. The van der Waals surface area contributed by atoms with Crippen LogP contribution in [0.1, 0.15) is 80.1 Å². The van der Waals surface area contributed by atoms with Gasteiger partial charge in [0.05, 0.1) is 0 Å². The minimum absolute atomic E-state index is 0.195. The maximum atomic E-state index is 11.6. The molecular formula is C16H30O4. The Hall–Kier alpha value is -1.06. The van der Waals surface area contributed by atoms with Crippen molar-refractivity contribution in [2.45, 2.75) is 91.3 Å². The molecule has 118 valence electrons. The predicted octanol–water partition coefficient (Wildman–Crippen LogP) is 4.01. The van der Waals surface area contributed by atoms with E-state index in [9.17, 15) is 9.59 Å². The van der Waals surface area contributed by atoms with Crippen LogP contribution in [0.15, 0.2) is 0 Å². The van der Waals surface area contributed by atoms with Crippen LogP contribution in [-0.4, -0.2) is 23.1 Å². The smallest absolute Gasteiger partial charge is 0.306 e. The lowest BCUT2D eigenvalue weighted by Gasteiger charge is -2.23. The molecule has 0 spiro atoms. The normalized spacial score (nSPS) is 12.1. The van der Waals surface area contributed by atoms with Crippen LogP contribution in [0.3, 0.4) is 0 Å². The van der Waals surface area contributed by atoms with E-state index in [0.29, 0.717) is 25.7 Å². The molecule has 0 fully saturated rings. The van der Waals surface area contributed by atoms with Crippen molar-refractivity contribution in [2.24, 2.45) is 0 Å². The van der Waals surface area contributed by atoms with Crippen molar-refractivity contribution < 1.29 is 19.1 Å². The summed E-state index contributed by atoms with van der Waals surface area (Å²) < 4.78 is 10.7. The van der Waals surface area contributed by atoms with Gasteiger partial charge in [-0.15, -0.1) is 0 Å². The lowest BCUT2D eigenvalue weighted by molar-refractivity contribution is -0.159. The van der Waals surface area contributed by atoms with E-state index >= 15 is 0 Å². The fourth-order valence-corrected chi connectivity index (χ4v) is 1.40. The van der Waals surface area contributed by atoms with Crippen molar-refractivity contribution in [1.29, 1.82) is 0 Å². The zero-order chi connectivity index (χ0) is 15.8. The average Bonchev–Trinajstić information content (AvgIpc) is 2.33. The van der Waals surface area contributed by atoms with E-state index in [0.717, 1.165) is 12.8 Å². The third-order valence-corrected chi connectivity index (χ3v) is 3.49. The molecule has 0 atom stereocenters. The van der Waals surface area contributed by atoms with Gasteiger partial charge in [-0.1, -0.05) is 13.8 Å². The van der Waals surface area contributed by atoms with Crippen LogP contribution in [0.4, 0.5) is 0 Å². The minimum Gasteiger partial charge on any atom is -0.460 e. The van der Waals surface area contributed by atoms with Gasteiger partial charge in [0.25, 0.3) is 0 Å². The van der Waals surface area contributed by atoms with Crippen molar-refractivity contribution in [3.05, 3.63) is 0 Å². The molecule has 0 saturated carbocycles. The predicted molar refractivity (Wildman–Crippen MR) is 79.4 cm³/mol. The van der Waals surface area contributed by atoms with Crippen LogP contribution in [0.5, 0.6) is 0 Å². The summed E-state index contributed by atoms with van der Waals surface area (Å²) in [4.78, 5) is 23.2. The third-order valence-electron chi connectivity index (χ3n) is 3.49. The molecule has 0 rings (SSSR count). The summed E-state index contributed by atoms with van der Waals surface area (Å²) in [5.74, 6) is -0.391. The molecule has 0 aromatic rings. The molecule has 0 amide bonds. The summed E-state index contributed by atoms with van der Waals surface area (Å²) in [5, 5.41) is 0. The zero-order valence-electron chi connectivity index (χ0n) is 13.9. The number of rotatable bonds is 9. The summed E-state index contributed by atoms with van der Waals surface area (Å²) in [5.41, 5.74) is -0.803. The third kappa shape index (κ3) is 8.94. The number of hydrogen-bond acceptors (Lipinski definition) is 4. The highest BCUT2D eigenvalue weighted by molar-refractivity contribution is 5.71. The van der Waals surface area contributed by atoms with E-state index in [1.165, 1.54) is 0 Å². The number of ether oxygens (including phenoxy) is 2. The number of esters is 2. The molecule has 0 aliphatic carbocycles. The molecule has 20 heavy (non-hydrogen) atoms. The van der Waals surface area contributed by atoms with Gasteiger partial charge in [-0.25, -0.2) is 0 Å². The lowest BCUT2D eigenvalue weighted by Crippen LogP contribution is -2.27. The first-order chi connectivity index (χ1) is 9.12. The fourth-order valence-electron chi connectivity index (χ4n) is 1.40. The van der Waals surface area contributed by atoms with Crippen molar-refractivity contribution in [2.75, 3.05) is 0 Å². The first kappa shape index (κ1) is 18.9. The van der Waals surface area contributed by atoms with Crippen molar-refractivity contribution >= 4 is 11.9 Å². The van der Waals surface area contributed by atoms with Gasteiger partial charge in [0.2, 0.25) is 0 Å². The number of carbonyl (C=O) groups is 2. The van der Waals surface area contributed by atoms with Gasteiger partial charge < -0.3 is 9.47 Å². The van der Waals surface area contributed by atoms with Gasteiger partial charge in [0.15, 0.2) is 0 Å². The van der Waals surface area contributed by atoms with E-state index in [1.807, 2.05) is 41.5 Å². The van der Waals surface area contributed by atoms with Gasteiger partial charge in [-0.05, 0) is 53.4 Å². The zero-order valence-corrected chi connectivity index (χ0v) is 13.9. The SMILES string of the molecule is CCC(C)(C)OC(=O)CCCCC(=O)OC(C)(C)CC. The Bertz CT molecular complexity index is 286.